The molecule has 1 aliphatic rings. The van der Waals surface area contributed by atoms with Gasteiger partial charge in [0.05, 0.1) is 27.5 Å². The van der Waals surface area contributed by atoms with Crippen molar-refractivity contribution in [3.05, 3.63) is 289 Å². The first-order valence-corrected chi connectivity index (χ1v) is 23.9. The van der Waals surface area contributed by atoms with Crippen LogP contribution in [0.5, 0.6) is 0 Å². The Kier molecular flexibility index (Phi) is 8.84. The summed E-state index contributed by atoms with van der Waals surface area (Å²) in [5, 5.41) is 4.94. The quantitative estimate of drug-likeness (QED) is 0.151. The molecule has 2 aromatic heterocycles. The Hall–Kier alpha value is -8.98. The molecule has 0 radical (unpaired) electrons. The van der Waals surface area contributed by atoms with Crippen LogP contribution >= 0.6 is 0 Å². The number of hydrogen-bond donors (Lipinski definition) is 0. The number of benzene rings is 11. The van der Waals surface area contributed by atoms with Crippen molar-refractivity contribution >= 4 is 43.6 Å². The van der Waals surface area contributed by atoms with Crippen LogP contribution in [0.15, 0.2) is 267 Å². The molecule has 13 aromatic rings. The molecule has 69 heavy (non-hydrogen) atoms. The van der Waals surface area contributed by atoms with Crippen molar-refractivity contribution in [3.8, 4) is 55.9 Å². The molecular formula is C67H44N2. The summed E-state index contributed by atoms with van der Waals surface area (Å²) in [6.07, 6.45) is 0. The standard InChI is InChI=1S/C67H44N2/c1-5-18-45(19-6-1)47-32-36-53(37-33-47)69-64-41-35-50(49-34-40-63-59(43-49)56-29-14-16-31-62(56)68(63)54-27-17-22-48(42-54)46-20-7-2-8-21-46)44-60(64)58-39-38-57-55-28-13-15-30-61(55)67(65(57)66(58)69,51-23-9-3-10-24-51)52-25-11-4-12-26-52/h1-44H. The van der Waals surface area contributed by atoms with Crippen molar-refractivity contribution in [2.75, 3.05) is 0 Å². The summed E-state index contributed by atoms with van der Waals surface area (Å²) in [7, 11) is 0. The van der Waals surface area contributed by atoms with E-state index in [4.69, 9.17) is 0 Å². The molecule has 14 rings (SSSR count). The van der Waals surface area contributed by atoms with Crippen molar-refractivity contribution in [3.63, 3.8) is 0 Å². The average molecular weight is 877 g/mol. The van der Waals surface area contributed by atoms with Gasteiger partial charge >= 0.3 is 0 Å². The first-order chi connectivity index (χ1) is 34.2. The molecule has 2 heteroatoms. The van der Waals surface area contributed by atoms with Crippen LogP contribution in [0.1, 0.15) is 22.3 Å². The Morgan fingerprint density at radius 3 is 1.43 bits per heavy atom. The molecule has 0 saturated heterocycles. The third-order valence-corrected chi connectivity index (χ3v) is 14.8. The minimum atomic E-state index is -0.577. The number of rotatable bonds is 7. The Labute approximate surface area is 401 Å². The smallest absolute Gasteiger partial charge is 0.0734 e. The van der Waals surface area contributed by atoms with Crippen LogP contribution in [0.25, 0.3) is 99.5 Å². The SMILES string of the molecule is c1ccc(-c2ccc(-n3c4ccc(-c5ccc6c(c5)c5ccccc5n6-c5cccc(-c6ccccc6)c5)cc4c4ccc5c(c43)C(c3ccccc3)(c3ccccc3)c3ccccc3-5)cc2)cc1. The summed E-state index contributed by atoms with van der Waals surface area (Å²) < 4.78 is 4.97. The second-order valence-corrected chi connectivity index (χ2v) is 18.4. The van der Waals surface area contributed by atoms with Gasteiger partial charge in [0.1, 0.15) is 0 Å². The molecule has 1 aliphatic carbocycles. The summed E-state index contributed by atoms with van der Waals surface area (Å²) >= 11 is 0. The van der Waals surface area contributed by atoms with E-state index >= 15 is 0 Å². The lowest BCUT2D eigenvalue weighted by molar-refractivity contribution is 0.772. The molecule has 0 fully saturated rings. The van der Waals surface area contributed by atoms with E-state index in [-0.39, 0.29) is 0 Å². The van der Waals surface area contributed by atoms with Gasteiger partial charge in [-0.05, 0) is 116 Å². The molecule has 0 atom stereocenters. The molecule has 0 unspecified atom stereocenters. The maximum atomic E-state index is 2.55. The summed E-state index contributed by atoms with van der Waals surface area (Å²) in [5.74, 6) is 0. The molecule has 322 valence electrons. The molecule has 11 aromatic carbocycles. The lowest BCUT2D eigenvalue weighted by atomic mass is 9.67. The maximum Gasteiger partial charge on any atom is 0.0734 e. The normalized spacial score (nSPS) is 12.8. The first kappa shape index (κ1) is 39.2. The predicted octanol–water partition coefficient (Wildman–Crippen LogP) is 17.2. The van der Waals surface area contributed by atoms with E-state index < -0.39 is 5.41 Å². The highest BCUT2D eigenvalue weighted by atomic mass is 15.0. The fraction of sp³-hybridized carbons (Fsp3) is 0.0149. The van der Waals surface area contributed by atoms with Crippen LogP contribution in [0.4, 0.5) is 0 Å². The van der Waals surface area contributed by atoms with Crippen molar-refractivity contribution < 1.29 is 0 Å². The van der Waals surface area contributed by atoms with E-state index in [1.54, 1.807) is 0 Å². The number of para-hydroxylation sites is 1. The van der Waals surface area contributed by atoms with Crippen molar-refractivity contribution in [2.45, 2.75) is 5.41 Å². The van der Waals surface area contributed by atoms with E-state index in [1.165, 1.54) is 110 Å². The van der Waals surface area contributed by atoms with E-state index in [0.717, 1.165) is 11.4 Å². The summed E-state index contributed by atoms with van der Waals surface area (Å²) in [6, 6.07) is 98.6. The van der Waals surface area contributed by atoms with Gasteiger partial charge < -0.3 is 9.13 Å². The minimum absolute atomic E-state index is 0.577. The molecule has 0 saturated carbocycles. The van der Waals surface area contributed by atoms with Gasteiger partial charge in [0.2, 0.25) is 0 Å². The zero-order chi connectivity index (χ0) is 45.5. The minimum Gasteiger partial charge on any atom is -0.309 e. The van der Waals surface area contributed by atoms with Crippen molar-refractivity contribution in [1.82, 2.24) is 9.13 Å². The largest absolute Gasteiger partial charge is 0.309 e. The fourth-order valence-corrected chi connectivity index (χ4v) is 11.8. The van der Waals surface area contributed by atoms with Crippen LogP contribution < -0.4 is 0 Å². The van der Waals surface area contributed by atoms with Crippen LogP contribution in [-0.2, 0) is 5.41 Å². The second-order valence-electron chi connectivity index (χ2n) is 18.4. The number of nitrogens with zero attached hydrogens (tertiary/aromatic N) is 2. The topological polar surface area (TPSA) is 9.86 Å². The molecular weight excluding hydrogens is 833 g/mol. The van der Waals surface area contributed by atoms with Crippen molar-refractivity contribution in [1.29, 1.82) is 0 Å². The molecule has 2 heterocycles. The zero-order valence-corrected chi connectivity index (χ0v) is 37.8. The van der Waals surface area contributed by atoms with Gasteiger partial charge in [-0.15, -0.1) is 0 Å². The first-order valence-electron chi connectivity index (χ1n) is 23.9. The molecule has 0 spiro atoms. The van der Waals surface area contributed by atoms with Gasteiger partial charge in [-0.2, -0.15) is 0 Å². The molecule has 0 N–H and O–H groups in total. The highest BCUT2D eigenvalue weighted by Gasteiger charge is 2.48. The van der Waals surface area contributed by atoms with Gasteiger partial charge in [0.15, 0.2) is 0 Å². The van der Waals surface area contributed by atoms with Gasteiger partial charge in [0, 0.05) is 38.5 Å². The second kappa shape index (κ2) is 15.6. The van der Waals surface area contributed by atoms with Gasteiger partial charge in [-0.25, -0.2) is 0 Å². The fourth-order valence-electron chi connectivity index (χ4n) is 11.8. The molecule has 2 nitrogen and oxygen atoms in total. The van der Waals surface area contributed by atoms with Gasteiger partial charge in [0.25, 0.3) is 0 Å². The predicted molar refractivity (Wildman–Crippen MR) is 289 cm³/mol. The lowest BCUT2D eigenvalue weighted by Gasteiger charge is -2.34. The number of hydrogen-bond acceptors (Lipinski definition) is 0. The Bertz CT molecular complexity index is 4050. The van der Waals surface area contributed by atoms with Crippen LogP contribution in [0.3, 0.4) is 0 Å². The maximum absolute atomic E-state index is 2.55. The Morgan fingerprint density at radius 2 is 0.754 bits per heavy atom. The van der Waals surface area contributed by atoms with Gasteiger partial charge in [-0.1, -0.05) is 212 Å². The summed E-state index contributed by atoms with van der Waals surface area (Å²) in [5.41, 5.74) is 21.4. The van der Waals surface area contributed by atoms with Crippen LogP contribution in [0, 0.1) is 0 Å². The van der Waals surface area contributed by atoms with Crippen molar-refractivity contribution in [2.24, 2.45) is 0 Å². The Balaban J connectivity index is 1.02. The summed E-state index contributed by atoms with van der Waals surface area (Å²) in [6.45, 7) is 0. The highest BCUT2D eigenvalue weighted by molar-refractivity contribution is 6.15. The lowest BCUT2D eigenvalue weighted by Crippen LogP contribution is -2.29. The molecule has 0 bridgehead atoms. The monoisotopic (exact) mass is 876 g/mol. The van der Waals surface area contributed by atoms with Crippen LogP contribution in [-0.4, -0.2) is 9.13 Å². The third kappa shape index (κ3) is 5.92. The summed E-state index contributed by atoms with van der Waals surface area (Å²) in [4.78, 5) is 0. The van der Waals surface area contributed by atoms with E-state index in [2.05, 4.69) is 276 Å². The average Bonchev–Trinajstić information content (AvgIpc) is 4.06. The number of fused-ring (bicyclic) bond motifs is 10. The van der Waals surface area contributed by atoms with Crippen LogP contribution in [0.2, 0.25) is 0 Å². The number of aromatic nitrogens is 2. The van der Waals surface area contributed by atoms with E-state index in [9.17, 15) is 0 Å². The third-order valence-electron chi connectivity index (χ3n) is 14.8. The van der Waals surface area contributed by atoms with E-state index in [0.29, 0.717) is 0 Å². The van der Waals surface area contributed by atoms with Gasteiger partial charge in [-0.3, -0.25) is 0 Å². The van der Waals surface area contributed by atoms with E-state index in [1.807, 2.05) is 0 Å². The zero-order valence-electron chi connectivity index (χ0n) is 37.8. The molecule has 0 amide bonds. The Morgan fingerprint density at radius 1 is 0.261 bits per heavy atom. The molecule has 0 aliphatic heterocycles. The highest BCUT2D eigenvalue weighted by Crippen LogP contribution is 2.59.